The van der Waals surface area contributed by atoms with Crippen molar-refractivity contribution in [1.82, 2.24) is 0 Å². The van der Waals surface area contributed by atoms with Gasteiger partial charge in [0.2, 0.25) is 0 Å². The first-order valence-electron chi connectivity index (χ1n) is 5.38. The Morgan fingerprint density at radius 1 is 1.36 bits per heavy atom. The molecule has 0 fully saturated rings. The third kappa shape index (κ3) is 3.28. The largest absolute Gasteiger partial charge is 0.327 e. The first-order chi connectivity index (χ1) is 6.62. The number of rotatable bonds is 7. The van der Waals surface area contributed by atoms with Crippen LogP contribution in [0.3, 0.4) is 0 Å². The Bertz CT molecular complexity index is 187. The van der Waals surface area contributed by atoms with Crippen molar-refractivity contribution in [3.63, 3.8) is 0 Å². The molecule has 0 aliphatic carbocycles. The van der Waals surface area contributed by atoms with Crippen molar-refractivity contribution >= 4 is 0 Å². The van der Waals surface area contributed by atoms with Crippen LogP contribution in [0.2, 0.25) is 0 Å². The lowest BCUT2D eigenvalue weighted by Crippen LogP contribution is -2.34. The maximum atomic E-state index is 6.04. The van der Waals surface area contributed by atoms with Crippen LogP contribution in [0.25, 0.3) is 0 Å². The van der Waals surface area contributed by atoms with Crippen LogP contribution in [0, 0.1) is 11.8 Å². The summed E-state index contributed by atoms with van der Waals surface area (Å²) in [6.45, 7) is 12.6. The van der Waals surface area contributed by atoms with Gasteiger partial charge in [0.25, 0.3) is 0 Å². The van der Waals surface area contributed by atoms with E-state index in [2.05, 4.69) is 27.0 Å². The molecule has 0 radical (unpaired) electrons. The molecule has 0 aliphatic rings. The molecule has 0 aliphatic heterocycles. The van der Waals surface area contributed by atoms with Crippen molar-refractivity contribution in [2.24, 2.45) is 23.3 Å². The maximum Gasteiger partial charge on any atom is 0.0137 e. The molecular formula is C12H24N2. The molecular weight excluding hydrogens is 172 g/mol. The molecule has 2 nitrogen and oxygen atoms in total. The molecule has 0 aromatic rings. The van der Waals surface area contributed by atoms with Crippen LogP contribution in [-0.2, 0) is 0 Å². The van der Waals surface area contributed by atoms with E-state index in [4.69, 9.17) is 11.5 Å². The minimum atomic E-state index is 0.167. The molecule has 2 heteroatoms. The summed E-state index contributed by atoms with van der Waals surface area (Å²) < 4.78 is 0. The van der Waals surface area contributed by atoms with Gasteiger partial charge in [0.15, 0.2) is 0 Å². The second kappa shape index (κ2) is 6.80. The van der Waals surface area contributed by atoms with Gasteiger partial charge in [-0.2, -0.15) is 0 Å². The van der Waals surface area contributed by atoms with E-state index in [0.717, 1.165) is 18.4 Å². The second-order valence-electron chi connectivity index (χ2n) is 3.76. The van der Waals surface area contributed by atoms with Crippen molar-refractivity contribution in [2.75, 3.05) is 6.54 Å². The highest BCUT2D eigenvalue weighted by Gasteiger charge is 2.23. The van der Waals surface area contributed by atoms with Gasteiger partial charge in [0, 0.05) is 12.6 Å². The fourth-order valence-corrected chi connectivity index (χ4v) is 1.89. The summed E-state index contributed by atoms with van der Waals surface area (Å²) in [7, 11) is 0. The van der Waals surface area contributed by atoms with Gasteiger partial charge in [0.1, 0.15) is 0 Å². The molecule has 0 bridgehead atoms. The zero-order chi connectivity index (χ0) is 11.1. The summed E-state index contributed by atoms with van der Waals surface area (Å²) in [6, 6.07) is 0.167. The fraction of sp³-hybridized carbons (Fsp3) is 0.667. The quantitative estimate of drug-likeness (QED) is 0.612. The SMILES string of the molecule is C=C[C@H](C(N)CC)C(CC)C(=C)CN. The first-order valence-corrected chi connectivity index (χ1v) is 5.38. The lowest BCUT2D eigenvalue weighted by atomic mass is 9.79. The lowest BCUT2D eigenvalue weighted by Gasteiger charge is -2.29. The lowest BCUT2D eigenvalue weighted by molar-refractivity contribution is 0.362. The van der Waals surface area contributed by atoms with Gasteiger partial charge in [-0.1, -0.05) is 32.1 Å². The van der Waals surface area contributed by atoms with Crippen LogP contribution in [0.4, 0.5) is 0 Å². The van der Waals surface area contributed by atoms with Crippen molar-refractivity contribution in [1.29, 1.82) is 0 Å². The van der Waals surface area contributed by atoms with Crippen LogP contribution >= 0.6 is 0 Å². The van der Waals surface area contributed by atoms with E-state index < -0.39 is 0 Å². The van der Waals surface area contributed by atoms with Gasteiger partial charge in [-0.15, -0.1) is 6.58 Å². The molecule has 0 spiro atoms. The van der Waals surface area contributed by atoms with E-state index in [0.29, 0.717) is 18.4 Å². The molecule has 3 atom stereocenters. The van der Waals surface area contributed by atoms with Gasteiger partial charge >= 0.3 is 0 Å². The first kappa shape index (κ1) is 13.4. The van der Waals surface area contributed by atoms with E-state index in [1.54, 1.807) is 0 Å². The number of nitrogens with two attached hydrogens (primary N) is 2. The highest BCUT2D eigenvalue weighted by Crippen LogP contribution is 2.26. The van der Waals surface area contributed by atoms with Crippen molar-refractivity contribution in [3.8, 4) is 0 Å². The molecule has 0 rings (SSSR count). The third-order valence-corrected chi connectivity index (χ3v) is 2.93. The Labute approximate surface area is 88.1 Å². The van der Waals surface area contributed by atoms with Crippen molar-refractivity contribution < 1.29 is 0 Å². The second-order valence-corrected chi connectivity index (χ2v) is 3.76. The molecule has 0 saturated heterocycles. The highest BCUT2D eigenvalue weighted by atomic mass is 14.7. The monoisotopic (exact) mass is 196 g/mol. The average Bonchev–Trinajstić information content (AvgIpc) is 2.23. The standard InChI is InChI=1S/C12H24N2/c1-5-10(9(4)8-13)11(6-2)12(14)7-3/h6,10-12H,2,4-5,7-8,13-14H2,1,3H3/t10?,11-,12?/m0/s1. The third-order valence-electron chi connectivity index (χ3n) is 2.93. The predicted molar refractivity (Wildman–Crippen MR) is 63.9 cm³/mol. The van der Waals surface area contributed by atoms with Crippen molar-refractivity contribution in [2.45, 2.75) is 32.7 Å². The minimum absolute atomic E-state index is 0.167. The molecule has 0 amide bonds. The Morgan fingerprint density at radius 2 is 1.93 bits per heavy atom. The summed E-state index contributed by atoms with van der Waals surface area (Å²) >= 11 is 0. The fourth-order valence-electron chi connectivity index (χ4n) is 1.89. The van der Waals surface area contributed by atoms with E-state index in [1.165, 1.54) is 0 Å². The van der Waals surface area contributed by atoms with Crippen molar-refractivity contribution in [3.05, 3.63) is 24.8 Å². The molecule has 2 unspecified atom stereocenters. The van der Waals surface area contributed by atoms with E-state index >= 15 is 0 Å². The summed E-state index contributed by atoms with van der Waals surface area (Å²) in [5, 5.41) is 0. The molecule has 4 N–H and O–H groups in total. The predicted octanol–water partition coefficient (Wildman–Crippen LogP) is 2.07. The number of hydrogen-bond acceptors (Lipinski definition) is 2. The number of hydrogen-bond donors (Lipinski definition) is 2. The summed E-state index contributed by atoms with van der Waals surface area (Å²) in [5.41, 5.74) is 12.7. The van der Waals surface area contributed by atoms with Gasteiger partial charge in [-0.05, 0) is 24.7 Å². The zero-order valence-corrected chi connectivity index (χ0v) is 9.50. The Kier molecular flexibility index (Phi) is 6.50. The zero-order valence-electron chi connectivity index (χ0n) is 9.50. The maximum absolute atomic E-state index is 6.04. The molecule has 0 aromatic heterocycles. The molecule has 0 heterocycles. The van der Waals surface area contributed by atoms with E-state index in [1.807, 2.05) is 6.08 Å². The summed E-state index contributed by atoms with van der Waals surface area (Å²) in [5.74, 6) is 0.688. The summed E-state index contributed by atoms with van der Waals surface area (Å²) in [6.07, 6.45) is 3.94. The van der Waals surface area contributed by atoms with E-state index in [-0.39, 0.29) is 6.04 Å². The van der Waals surface area contributed by atoms with Gasteiger partial charge in [-0.3, -0.25) is 0 Å². The topological polar surface area (TPSA) is 52.0 Å². The van der Waals surface area contributed by atoms with Crippen LogP contribution in [-0.4, -0.2) is 12.6 Å². The molecule has 82 valence electrons. The smallest absolute Gasteiger partial charge is 0.0137 e. The summed E-state index contributed by atoms with van der Waals surface area (Å²) in [4.78, 5) is 0. The van der Waals surface area contributed by atoms with Gasteiger partial charge in [0.05, 0.1) is 0 Å². The minimum Gasteiger partial charge on any atom is -0.327 e. The Morgan fingerprint density at radius 3 is 2.21 bits per heavy atom. The van der Waals surface area contributed by atoms with Gasteiger partial charge in [-0.25, -0.2) is 0 Å². The Hall–Kier alpha value is -0.600. The molecule has 0 saturated carbocycles. The van der Waals surface area contributed by atoms with Crippen LogP contribution in [0.15, 0.2) is 24.8 Å². The highest BCUT2D eigenvalue weighted by molar-refractivity contribution is 5.09. The normalized spacial score (nSPS) is 17.1. The van der Waals surface area contributed by atoms with E-state index in [9.17, 15) is 0 Å². The van der Waals surface area contributed by atoms with Crippen LogP contribution in [0.1, 0.15) is 26.7 Å². The van der Waals surface area contributed by atoms with Crippen LogP contribution in [0.5, 0.6) is 0 Å². The van der Waals surface area contributed by atoms with Gasteiger partial charge < -0.3 is 11.5 Å². The molecule has 0 aromatic carbocycles. The van der Waals surface area contributed by atoms with Crippen LogP contribution < -0.4 is 11.5 Å². The molecule has 14 heavy (non-hydrogen) atoms. The Balaban J connectivity index is 4.60. The average molecular weight is 196 g/mol.